The van der Waals surface area contributed by atoms with Crippen LogP contribution in [0.2, 0.25) is 0 Å². The van der Waals surface area contributed by atoms with E-state index in [1.165, 1.54) is 0 Å². The van der Waals surface area contributed by atoms with Crippen molar-refractivity contribution in [2.24, 2.45) is 0 Å². The second-order valence-electron chi connectivity index (χ2n) is 5.10. The van der Waals surface area contributed by atoms with Crippen molar-refractivity contribution < 1.29 is 14.3 Å². The Morgan fingerprint density at radius 1 is 1.33 bits per heavy atom. The predicted molar refractivity (Wildman–Crippen MR) is 83.7 cm³/mol. The Hall–Kier alpha value is -1.62. The molecule has 1 N–H and O–H groups in total. The fourth-order valence-corrected chi connectivity index (χ4v) is 1.81. The minimum atomic E-state index is -0.818. The fourth-order valence-electron chi connectivity index (χ4n) is 1.81. The molecule has 0 radical (unpaired) electrons. The first-order chi connectivity index (χ1) is 9.96. The molecular formula is C16H26N2O3. The van der Waals surface area contributed by atoms with Crippen LogP contribution in [0.4, 0.5) is 5.69 Å². The lowest BCUT2D eigenvalue weighted by Crippen LogP contribution is -2.42. The van der Waals surface area contributed by atoms with Gasteiger partial charge >= 0.3 is 0 Å². The normalized spacial score (nSPS) is 13.6. The molecule has 1 aromatic rings. The molecule has 1 rings (SSSR count). The summed E-state index contributed by atoms with van der Waals surface area (Å²) in [4.78, 5) is 16.7. The standard InChI is InChI=1S/C16H26N2O3/c1-6-11-21-16(5,7-2)15(19)18-13-9-10-14(20-8-3)17-12(13)4/h9-10H,6-8,11H2,1-5H3,(H,18,19)/t16-/m0/s1. The summed E-state index contributed by atoms with van der Waals surface area (Å²) >= 11 is 0. The van der Waals surface area contributed by atoms with Crippen molar-refractivity contribution in [1.29, 1.82) is 0 Å². The minimum absolute atomic E-state index is 0.146. The van der Waals surface area contributed by atoms with Crippen LogP contribution in [0.15, 0.2) is 12.1 Å². The Morgan fingerprint density at radius 2 is 2.05 bits per heavy atom. The second-order valence-corrected chi connectivity index (χ2v) is 5.10. The first kappa shape index (κ1) is 17.4. The van der Waals surface area contributed by atoms with E-state index in [1.54, 1.807) is 12.1 Å². The van der Waals surface area contributed by atoms with E-state index in [0.29, 0.717) is 31.2 Å². The van der Waals surface area contributed by atoms with Crippen molar-refractivity contribution in [2.75, 3.05) is 18.5 Å². The molecule has 21 heavy (non-hydrogen) atoms. The molecular weight excluding hydrogens is 268 g/mol. The van der Waals surface area contributed by atoms with Gasteiger partial charge in [0.2, 0.25) is 5.88 Å². The van der Waals surface area contributed by atoms with Crippen LogP contribution in [-0.2, 0) is 9.53 Å². The van der Waals surface area contributed by atoms with Gasteiger partial charge in [0, 0.05) is 12.7 Å². The Morgan fingerprint density at radius 3 is 2.57 bits per heavy atom. The number of carbonyl (C=O) groups is 1. The van der Waals surface area contributed by atoms with Crippen LogP contribution in [0.3, 0.4) is 0 Å². The Kier molecular flexibility index (Phi) is 6.62. The number of amides is 1. The molecule has 1 atom stereocenters. The number of rotatable bonds is 8. The molecule has 0 unspecified atom stereocenters. The molecule has 0 bridgehead atoms. The molecule has 1 amide bonds. The molecule has 0 fully saturated rings. The van der Waals surface area contributed by atoms with E-state index in [1.807, 2.05) is 34.6 Å². The number of hydrogen-bond donors (Lipinski definition) is 1. The first-order valence-electron chi connectivity index (χ1n) is 7.52. The monoisotopic (exact) mass is 294 g/mol. The summed E-state index contributed by atoms with van der Waals surface area (Å²) in [6.45, 7) is 10.7. The number of nitrogens with zero attached hydrogens (tertiary/aromatic N) is 1. The van der Waals surface area contributed by atoms with E-state index >= 15 is 0 Å². The highest BCUT2D eigenvalue weighted by Gasteiger charge is 2.32. The maximum atomic E-state index is 12.4. The smallest absolute Gasteiger partial charge is 0.256 e. The Labute approximate surface area is 127 Å². The van der Waals surface area contributed by atoms with Crippen molar-refractivity contribution in [3.05, 3.63) is 17.8 Å². The van der Waals surface area contributed by atoms with Crippen molar-refractivity contribution >= 4 is 11.6 Å². The zero-order valence-electron chi connectivity index (χ0n) is 13.7. The van der Waals surface area contributed by atoms with Gasteiger partial charge < -0.3 is 14.8 Å². The number of aromatic nitrogens is 1. The van der Waals surface area contributed by atoms with Gasteiger partial charge in [-0.25, -0.2) is 4.98 Å². The van der Waals surface area contributed by atoms with Gasteiger partial charge in [0.25, 0.3) is 5.91 Å². The maximum Gasteiger partial charge on any atom is 0.256 e. The van der Waals surface area contributed by atoms with Gasteiger partial charge in [-0.05, 0) is 39.7 Å². The highest BCUT2D eigenvalue weighted by Crippen LogP contribution is 2.22. The molecule has 5 heteroatoms. The van der Waals surface area contributed by atoms with Gasteiger partial charge in [0.15, 0.2) is 0 Å². The average molecular weight is 294 g/mol. The molecule has 1 heterocycles. The van der Waals surface area contributed by atoms with Crippen LogP contribution in [0, 0.1) is 6.92 Å². The molecule has 0 aromatic carbocycles. The largest absolute Gasteiger partial charge is 0.478 e. The lowest BCUT2D eigenvalue weighted by molar-refractivity contribution is -0.139. The third kappa shape index (κ3) is 4.70. The molecule has 0 spiro atoms. The van der Waals surface area contributed by atoms with E-state index in [4.69, 9.17) is 9.47 Å². The van der Waals surface area contributed by atoms with Crippen molar-refractivity contribution in [3.8, 4) is 5.88 Å². The summed E-state index contributed by atoms with van der Waals surface area (Å²) < 4.78 is 11.0. The maximum absolute atomic E-state index is 12.4. The number of pyridine rings is 1. The number of ether oxygens (including phenoxy) is 2. The summed E-state index contributed by atoms with van der Waals surface area (Å²) in [5.41, 5.74) is 0.590. The molecule has 5 nitrogen and oxygen atoms in total. The summed E-state index contributed by atoms with van der Waals surface area (Å²) in [6.07, 6.45) is 1.49. The molecule has 0 aliphatic carbocycles. The van der Waals surface area contributed by atoms with E-state index < -0.39 is 5.60 Å². The van der Waals surface area contributed by atoms with E-state index in [0.717, 1.165) is 12.1 Å². The quantitative estimate of drug-likeness (QED) is 0.799. The molecule has 118 valence electrons. The summed E-state index contributed by atoms with van der Waals surface area (Å²) in [6, 6.07) is 3.56. The lowest BCUT2D eigenvalue weighted by atomic mass is 10.0. The Balaban J connectivity index is 2.81. The van der Waals surface area contributed by atoms with Gasteiger partial charge in [-0.3, -0.25) is 4.79 Å². The van der Waals surface area contributed by atoms with E-state index in [-0.39, 0.29) is 5.91 Å². The number of aryl methyl sites for hydroxylation is 1. The zero-order valence-corrected chi connectivity index (χ0v) is 13.7. The van der Waals surface area contributed by atoms with Crippen LogP contribution in [0.25, 0.3) is 0 Å². The van der Waals surface area contributed by atoms with Crippen molar-refractivity contribution in [1.82, 2.24) is 4.98 Å². The lowest BCUT2D eigenvalue weighted by Gasteiger charge is -2.27. The summed E-state index contributed by atoms with van der Waals surface area (Å²) in [5.74, 6) is 0.418. The summed E-state index contributed by atoms with van der Waals surface area (Å²) in [7, 11) is 0. The number of nitrogens with one attached hydrogen (secondary N) is 1. The van der Waals surface area contributed by atoms with E-state index in [9.17, 15) is 4.79 Å². The van der Waals surface area contributed by atoms with Crippen LogP contribution in [0.1, 0.15) is 46.2 Å². The van der Waals surface area contributed by atoms with Crippen LogP contribution in [0.5, 0.6) is 5.88 Å². The molecule has 0 saturated carbocycles. The molecule has 0 aliphatic rings. The molecule has 1 aromatic heterocycles. The van der Waals surface area contributed by atoms with Crippen LogP contribution < -0.4 is 10.1 Å². The average Bonchev–Trinajstić information content (AvgIpc) is 2.47. The minimum Gasteiger partial charge on any atom is -0.478 e. The van der Waals surface area contributed by atoms with Crippen molar-refractivity contribution in [2.45, 2.75) is 53.1 Å². The highest BCUT2D eigenvalue weighted by molar-refractivity contribution is 5.97. The van der Waals surface area contributed by atoms with Crippen molar-refractivity contribution in [3.63, 3.8) is 0 Å². The number of carbonyl (C=O) groups excluding carboxylic acids is 1. The SMILES string of the molecule is CCCO[C@@](C)(CC)C(=O)Nc1ccc(OCC)nc1C. The third-order valence-electron chi connectivity index (χ3n) is 3.38. The Bertz CT molecular complexity index is 477. The fraction of sp³-hybridized carbons (Fsp3) is 0.625. The second kappa shape index (κ2) is 7.98. The van der Waals surface area contributed by atoms with Crippen LogP contribution in [-0.4, -0.2) is 29.7 Å². The topological polar surface area (TPSA) is 60.5 Å². The third-order valence-corrected chi connectivity index (χ3v) is 3.38. The van der Waals surface area contributed by atoms with Gasteiger partial charge in [0.1, 0.15) is 5.60 Å². The predicted octanol–water partition coefficient (Wildman–Crippen LogP) is 3.32. The first-order valence-corrected chi connectivity index (χ1v) is 7.52. The number of anilines is 1. The van der Waals surface area contributed by atoms with Crippen LogP contribution >= 0.6 is 0 Å². The van der Waals surface area contributed by atoms with Gasteiger partial charge in [-0.2, -0.15) is 0 Å². The molecule has 0 aliphatic heterocycles. The zero-order chi connectivity index (χ0) is 15.9. The molecule has 0 saturated heterocycles. The highest BCUT2D eigenvalue weighted by atomic mass is 16.5. The summed E-state index contributed by atoms with van der Waals surface area (Å²) in [5, 5.41) is 2.90. The van der Waals surface area contributed by atoms with Gasteiger partial charge in [-0.1, -0.05) is 13.8 Å². The van der Waals surface area contributed by atoms with Gasteiger partial charge in [0.05, 0.1) is 18.0 Å². The van der Waals surface area contributed by atoms with E-state index in [2.05, 4.69) is 10.3 Å². The van der Waals surface area contributed by atoms with Gasteiger partial charge in [-0.15, -0.1) is 0 Å². The number of hydrogen-bond acceptors (Lipinski definition) is 4.